The van der Waals surface area contributed by atoms with Crippen molar-refractivity contribution in [3.8, 4) is 17.0 Å². The highest BCUT2D eigenvalue weighted by Gasteiger charge is 2.31. The van der Waals surface area contributed by atoms with Crippen LogP contribution in [0.15, 0.2) is 43.0 Å². The van der Waals surface area contributed by atoms with Gasteiger partial charge in [-0.05, 0) is 24.3 Å². The molecule has 2 aromatic heterocycles. The van der Waals surface area contributed by atoms with E-state index < -0.39 is 0 Å². The molecule has 7 nitrogen and oxygen atoms in total. The first-order valence-corrected chi connectivity index (χ1v) is 8.82. The number of phenols is 1. The number of carbonyl (C=O) groups excluding carboxylic acids is 1. The van der Waals surface area contributed by atoms with Crippen LogP contribution >= 0.6 is 11.6 Å². The van der Waals surface area contributed by atoms with Gasteiger partial charge in [-0.2, -0.15) is 0 Å². The molecule has 3 aromatic rings. The SMILES string of the molecule is C=CC(=O)N1CCOC[C@@H]1c1[nH]c2nnc(-c3ccccc3O)cc2c1Cl. The minimum absolute atomic E-state index is 0.112. The van der Waals surface area contributed by atoms with Gasteiger partial charge in [0, 0.05) is 17.5 Å². The van der Waals surface area contributed by atoms with E-state index in [4.69, 9.17) is 16.3 Å². The Hall–Kier alpha value is -2.90. The number of fused-ring (bicyclic) bond motifs is 1. The Labute approximate surface area is 160 Å². The molecule has 1 aliphatic heterocycles. The van der Waals surface area contributed by atoms with Crippen LogP contribution in [0, 0.1) is 0 Å². The van der Waals surface area contributed by atoms with Crippen molar-refractivity contribution in [2.24, 2.45) is 0 Å². The standard InChI is InChI=1S/C19H17ClN4O3/c1-2-16(26)24-7-8-27-10-14(24)18-17(20)12-9-13(22-23-19(12)21-18)11-5-3-4-6-15(11)25/h2-6,9,14,25H,1,7-8,10H2,(H,21,23)/t14-/m1/s1. The summed E-state index contributed by atoms with van der Waals surface area (Å²) in [5, 5.41) is 19.6. The third kappa shape index (κ3) is 3.05. The van der Waals surface area contributed by atoms with Crippen molar-refractivity contribution in [3.05, 3.63) is 53.7 Å². The van der Waals surface area contributed by atoms with Crippen LogP contribution in [0.5, 0.6) is 5.75 Å². The Balaban J connectivity index is 1.79. The molecule has 1 atom stereocenters. The molecular formula is C19H17ClN4O3. The van der Waals surface area contributed by atoms with Crippen LogP contribution in [-0.2, 0) is 9.53 Å². The van der Waals surface area contributed by atoms with Crippen LogP contribution in [0.3, 0.4) is 0 Å². The lowest BCUT2D eigenvalue weighted by Gasteiger charge is -2.34. The summed E-state index contributed by atoms with van der Waals surface area (Å²) in [6.45, 7) is 4.80. The fourth-order valence-electron chi connectivity index (χ4n) is 3.25. The summed E-state index contributed by atoms with van der Waals surface area (Å²) in [5.74, 6) is -0.0690. The van der Waals surface area contributed by atoms with Gasteiger partial charge in [0.25, 0.3) is 0 Å². The summed E-state index contributed by atoms with van der Waals surface area (Å²) in [6.07, 6.45) is 1.28. The van der Waals surface area contributed by atoms with Gasteiger partial charge in [-0.15, -0.1) is 10.2 Å². The number of hydrogen-bond donors (Lipinski definition) is 2. The van der Waals surface area contributed by atoms with Gasteiger partial charge < -0.3 is 19.7 Å². The molecule has 1 aromatic carbocycles. The van der Waals surface area contributed by atoms with E-state index >= 15 is 0 Å². The number of aromatic hydroxyl groups is 1. The highest BCUT2D eigenvalue weighted by atomic mass is 35.5. The van der Waals surface area contributed by atoms with Crippen LogP contribution in [0.25, 0.3) is 22.3 Å². The minimum atomic E-state index is -0.362. The molecule has 0 aliphatic carbocycles. The number of hydrogen-bond acceptors (Lipinski definition) is 5. The lowest BCUT2D eigenvalue weighted by atomic mass is 10.1. The molecule has 27 heavy (non-hydrogen) atoms. The first kappa shape index (κ1) is 17.5. The van der Waals surface area contributed by atoms with E-state index in [-0.39, 0.29) is 17.7 Å². The number of amides is 1. The highest BCUT2D eigenvalue weighted by Crippen LogP contribution is 2.36. The fraction of sp³-hybridized carbons (Fsp3) is 0.211. The van der Waals surface area contributed by atoms with Gasteiger partial charge in [0.05, 0.1) is 35.7 Å². The van der Waals surface area contributed by atoms with Crippen molar-refractivity contribution in [2.75, 3.05) is 19.8 Å². The normalized spacial score (nSPS) is 17.2. The van der Waals surface area contributed by atoms with Crippen LogP contribution < -0.4 is 0 Å². The quantitative estimate of drug-likeness (QED) is 0.677. The number of benzene rings is 1. The van der Waals surface area contributed by atoms with Crippen LogP contribution in [-0.4, -0.2) is 50.9 Å². The van der Waals surface area contributed by atoms with Crippen LogP contribution in [0.4, 0.5) is 0 Å². The molecule has 1 aliphatic rings. The van der Waals surface area contributed by atoms with Crippen molar-refractivity contribution >= 4 is 28.5 Å². The lowest BCUT2D eigenvalue weighted by Crippen LogP contribution is -2.42. The predicted molar refractivity (Wildman–Crippen MR) is 101 cm³/mol. The van der Waals surface area contributed by atoms with Crippen LogP contribution in [0.1, 0.15) is 11.7 Å². The largest absolute Gasteiger partial charge is 0.507 e. The third-order valence-corrected chi connectivity index (χ3v) is 5.03. The van der Waals surface area contributed by atoms with Gasteiger partial charge in [-0.25, -0.2) is 0 Å². The number of para-hydroxylation sites is 1. The second-order valence-electron chi connectivity index (χ2n) is 6.19. The lowest BCUT2D eigenvalue weighted by molar-refractivity contribution is -0.134. The summed E-state index contributed by atoms with van der Waals surface area (Å²) in [6, 6.07) is 8.29. The molecule has 2 N–H and O–H groups in total. The number of nitrogens with zero attached hydrogens (tertiary/aromatic N) is 3. The minimum Gasteiger partial charge on any atom is -0.507 e. The average Bonchev–Trinajstić information content (AvgIpc) is 3.03. The van der Waals surface area contributed by atoms with Gasteiger partial charge in [0.1, 0.15) is 5.75 Å². The highest BCUT2D eigenvalue weighted by molar-refractivity contribution is 6.36. The third-order valence-electron chi connectivity index (χ3n) is 4.62. The summed E-state index contributed by atoms with van der Waals surface area (Å²) in [7, 11) is 0. The van der Waals surface area contributed by atoms with E-state index in [1.165, 1.54) is 6.08 Å². The van der Waals surface area contributed by atoms with Crippen molar-refractivity contribution in [1.29, 1.82) is 0 Å². The molecule has 1 fully saturated rings. The van der Waals surface area contributed by atoms with E-state index in [1.54, 1.807) is 29.2 Å². The molecule has 3 heterocycles. The Morgan fingerprint density at radius 2 is 2.22 bits per heavy atom. The van der Waals surface area contributed by atoms with Gasteiger partial charge in [-0.3, -0.25) is 4.79 Å². The maximum Gasteiger partial charge on any atom is 0.246 e. The van der Waals surface area contributed by atoms with E-state index in [0.29, 0.717) is 52.8 Å². The van der Waals surface area contributed by atoms with Gasteiger partial charge in [0.15, 0.2) is 5.65 Å². The number of phenolic OH excluding ortho intramolecular Hbond substituents is 1. The van der Waals surface area contributed by atoms with Crippen molar-refractivity contribution in [2.45, 2.75) is 6.04 Å². The summed E-state index contributed by atoms with van der Waals surface area (Å²) in [4.78, 5) is 17.0. The first-order chi connectivity index (χ1) is 13.1. The number of H-pyrrole nitrogens is 1. The Morgan fingerprint density at radius 1 is 1.41 bits per heavy atom. The Morgan fingerprint density at radius 3 is 3.00 bits per heavy atom. The smallest absolute Gasteiger partial charge is 0.246 e. The summed E-state index contributed by atoms with van der Waals surface area (Å²) < 4.78 is 5.55. The molecule has 0 radical (unpaired) electrons. The van der Waals surface area contributed by atoms with E-state index in [9.17, 15) is 9.90 Å². The topological polar surface area (TPSA) is 91.3 Å². The zero-order valence-corrected chi connectivity index (χ0v) is 15.1. The molecular weight excluding hydrogens is 368 g/mol. The van der Waals surface area contributed by atoms with Crippen molar-refractivity contribution in [3.63, 3.8) is 0 Å². The van der Waals surface area contributed by atoms with E-state index in [0.717, 1.165) is 0 Å². The molecule has 1 saturated heterocycles. The zero-order valence-electron chi connectivity index (χ0n) is 14.4. The molecule has 0 unspecified atom stereocenters. The number of morpholine rings is 1. The number of aromatic nitrogens is 3. The fourth-order valence-corrected chi connectivity index (χ4v) is 3.57. The number of ether oxygens (including phenoxy) is 1. The monoisotopic (exact) mass is 384 g/mol. The summed E-state index contributed by atoms with van der Waals surface area (Å²) in [5.41, 5.74) is 2.22. The molecule has 138 valence electrons. The molecule has 0 spiro atoms. The van der Waals surface area contributed by atoms with Gasteiger partial charge >= 0.3 is 0 Å². The number of rotatable bonds is 3. The molecule has 1 amide bonds. The Bertz CT molecular complexity index is 1030. The second-order valence-corrected chi connectivity index (χ2v) is 6.57. The molecule has 0 bridgehead atoms. The first-order valence-electron chi connectivity index (χ1n) is 8.44. The summed E-state index contributed by atoms with van der Waals surface area (Å²) >= 11 is 6.62. The maximum atomic E-state index is 12.2. The number of aromatic amines is 1. The van der Waals surface area contributed by atoms with E-state index in [1.807, 2.05) is 6.07 Å². The second kappa shape index (κ2) is 7.02. The Kier molecular flexibility index (Phi) is 4.55. The van der Waals surface area contributed by atoms with Gasteiger partial charge in [-0.1, -0.05) is 30.3 Å². The van der Waals surface area contributed by atoms with E-state index in [2.05, 4.69) is 21.8 Å². The number of carbonyl (C=O) groups is 1. The molecule has 8 heteroatoms. The number of nitrogens with one attached hydrogen (secondary N) is 1. The van der Waals surface area contributed by atoms with Crippen LogP contribution in [0.2, 0.25) is 5.02 Å². The molecule has 4 rings (SSSR count). The van der Waals surface area contributed by atoms with Crippen molar-refractivity contribution < 1.29 is 14.6 Å². The van der Waals surface area contributed by atoms with Crippen molar-refractivity contribution in [1.82, 2.24) is 20.1 Å². The average molecular weight is 385 g/mol. The van der Waals surface area contributed by atoms with Gasteiger partial charge in [0.2, 0.25) is 5.91 Å². The predicted octanol–water partition coefficient (Wildman–Crippen LogP) is 3.07. The number of halogens is 1. The molecule has 0 saturated carbocycles. The maximum absolute atomic E-state index is 12.2. The zero-order chi connectivity index (χ0) is 19.0.